The Morgan fingerprint density at radius 2 is 2.27 bits per heavy atom. The first-order valence-corrected chi connectivity index (χ1v) is 4.56. The highest BCUT2D eigenvalue weighted by molar-refractivity contribution is 5.83. The zero-order valence-electron chi connectivity index (χ0n) is 8.21. The number of para-hydroxylation sites is 1. The minimum absolute atomic E-state index is 0.439. The third-order valence-corrected chi connectivity index (χ3v) is 2.51. The normalized spacial score (nSPS) is 18.5. The molecule has 0 bridgehead atoms. The van der Waals surface area contributed by atoms with Crippen molar-refractivity contribution in [3.8, 4) is 0 Å². The van der Waals surface area contributed by atoms with Crippen LogP contribution in [0.4, 0.5) is 5.69 Å². The van der Waals surface area contributed by atoms with Crippen LogP contribution >= 0.6 is 0 Å². The van der Waals surface area contributed by atoms with E-state index in [4.69, 9.17) is 0 Å². The lowest BCUT2D eigenvalue weighted by Crippen LogP contribution is -2.35. The van der Waals surface area contributed by atoms with Crippen LogP contribution in [0.2, 0.25) is 0 Å². The van der Waals surface area contributed by atoms with Gasteiger partial charge in [0.05, 0.1) is 18.1 Å². The van der Waals surface area contributed by atoms with Gasteiger partial charge in [-0.1, -0.05) is 18.2 Å². The van der Waals surface area contributed by atoms with Crippen molar-refractivity contribution in [2.24, 2.45) is 5.29 Å². The molecule has 15 heavy (non-hydrogen) atoms. The molecule has 0 radical (unpaired) electrons. The standard InChI is InChI=1S/C10H10N2O3/c1-15-10(13)9-6-7-4-2-3-5-8(7)12(9)11-14/h2-5,9H,6H2,1H3/t9-/m0/s1. The fourth-order valence-corrected chi connectivity index (χ4v) is 1.79. The van der Waals surface area contributed by atoms with E-state index >= 15 is 0 Å². The fourth-order valence-electron chi connectivity index (χ4n) is 1.79. The number of ether oxygens (including phenoxy) is 1. The lowest BCUT2D eigenvalue weighted by molar-refractivity contribution is -0.142. The average molecular weight is 206 g/mol. The first kappa shape index (κ1) is 9.64. The number of benzene rings is 1. The minimum Gasteiger partial charge on any atom is -0.467 e. The van der Waals surface area contributed by atoms with Crippen molar-refractivity contribution in [3.63, 3.8) is 0 Å². The zero-order chi connectivity index (χ0) is 10.8. The van der Waals surface area contributed by atoms with E-state index in [0.717, 1.165) is 5.56 Å². The second-order valence-corrected chi connectivity index (χ2v) is 3.30. The van der Waals surface area contributed by atoms with E-state index in [1.54, 1.807) is 12.1 Å². The maximum absolute atomic E-state index is 11.4. The first-order valence-electron chi connectivity index (χ1n) is 4.56. The molecule has 0 spiro atoms. The summed E-state index contributed by atoms with van der Waals surface area (Å²) in [6, 6.07) is 6.68. The van der Waals surface area contributed by atoms with E-state index in [-0.39, 0.29) is 0 Å². The zero-order valence-corrected chi connectivity index (χ0v) is 8.21. The van der Waals surface area contributed by atoms with Crippen LogP contribution in [-0.2, 0) is 16.0 Å². The number of methoxy groups -OCH3 is 1. The van der Waals surface area contributed by atoms with Gasteiger partial charge in [-0.3, -0.25) is 0 Å². The van der Waals surface area contributed by atoms with E-state index in [2.05, 4.69) is 10.0 Å². The molecular weight excluding hydrogens is 196 g/mol. The van der Waals surface area contributed by atoms with Crippen LogP contribution in [0.3, 0.4) is 0 Å². The molecule has 1 atom stereocenters. The topological polar surface area (TPSA) is 59.0 Å². The number of nitrogens with zero attached hydrogens (tertiary/aromatic N) is 2. The maximum atomic E-state index is 11.4. The molecule has 1 aliphatic heterocycles. The highest BCUT2D eigenvalue weighted by Gasteiger charge is 2.36. The van der Waals surface area contributed by atoms with Crippen molar-refractivity contribution in [1.82, 2.24) is 0 Å². The van der Waals surface area contributed by atoms with Crippen LogP contribution in [0.1, 0.15) is 5.56 Å². The van der Waals surface area contributed by atoms with E-state index in [1.807, 2.05) is 12.1 Å². The Bertz CT molecular complexity index is 405. The van der Waals surface area contributed by atoms with Crippen molar-refractivity contribution >= 4 is 11.7 Å². The number of carbonyl (C=O) groups excluding carboxylic acids is 1. The molecule has 0 saturated carbocycles. The number of anilines is 1. The second kappa shape index (κ2) is 3.68. The third-order valence-electron chi connectivity index (χ3n) is 2.51. The summed E-state index contributed by atoms with van der Waals surface area (Å²) in [5, 5.41) is 4.03. The van der Waals surface area contributed by atoms with Crippen LogP contribution < -0.4 is 5.01 Å². The Balaban J connectivity index is 2.36. The number of fused-ring (bicyclic) bond motifs is 1. The lowest BCUT2D eigenvalue weighted by Gasteiger charge is -2.15. The third kappa shape index (κ3) is 1.45. The molecular formula is C10H10N2O3. The Labute approximate surface area is 86.6 Å². The van der Waals surface area contributed by atoms with Crippen molar-refractivity contribution in [1.29, 1.82) is 0 Å². The number of esters is 1. The van der Waals surface area contributed by atoms with E-state index in [9.17, 15) is 9.70 Å². The summed E-state index contributed by atoms with van der Waals surface area (Å²) in [4.78, 5) is 22.1. The van der Waals surface area contributed by atoms with Crippen LogP contribution in [-0.4, -0.2) is 19.1 Å². The average Bonchev–Trinajstić information content (AvgIpc) is 2.66. The van der Waals surface area contributed by atoms with E-state index < -0.39 is 12.0 Å². The summed E-state index contributed by atoms with van der Waals surface area (Å²) in [6.07, 6.45) is 0.467. The number of rotatable bonds is 2. The summed E-state index contributed by atoms with van der Waals surface area (Å²) in [7, 11) is 1.30. The molecule has 0 amide bonds. The van der Waals surface area contributed by atoms with Crippen molar-refractivity contribution in [3.05, 3.63) is 34.7 Å². The SMILES string of the molecule is COC(=O)[C@@H]1Cc2ccccc2N1N=O. The van der Waals surface area contributed by atoms with Crippen LogP contribution in [0.15, 0.2) is 29.6 Å². The molecule has 0 fully saturated rings. The van der Waals surface area contributed by atoms with Gasteiger partial charge >= 0.3 is 5.97 Å². The second-order valence-electron chi connectivity index (χ2n) is 3.30. The molecule has 0 aromatic heterocycles. The molecule has 0 N–H and O–H groups in total. The molecule has 0 unspecified atom stereocenters. The summed E-state index contributed by atoms with van der Waals surface area (Å²) >= 11 is 0. The Hall–Kier alpha value is -1.91. The maximum Gasteiger partial charge on any atom is 0.331 e. The van der Waals surface area contributed by atoms with Gasteiger partial charge in [-0.05, 0) is 11.6 Å². The van der Waals surface area contributed by atoms with E-state index in [0.29, 0.717) is 12.1 Å². The molecule has 0 saturated heterocycles. The van der Waals surface area contributed by atoms with Crippen LogP contribution in [0, 0.1) is 4.91 Å². The van der Waals surface area contributed by atoms with Gasteiger partial charge in [0, 0.05) is 6.42 Å². The molecule has 0 aliphatic carbocycles. The molecule has 78 valence electrons. The van der Waals surface area contributed by atoms with Gasteiger partial charge in [-0.2, -0.15) is 0 Å². The quantitative estimate of drug-likeness (QED) is 0.540. The number of hydrogen-bond acceptors (Lipinski definition) is 4. The Morgan fingerprint density at radius 1 is 1.53 bits per heavy atom. The molecule has 1 aliphatic rings. The van der Waals surface area contributed by atoms with Gasteiger partial charge in [-0.25, -0.2) is 9.80 Å². The van der Waals surface area contributed by atoms with Gasteiger partial charge in [0.15, 0.2) is 6.04 Å². The predicted octanol–water partition coefficient (Wildman–Crippen LogP) is 1.27. The Kier molecular flexibility index (Phi) is 2.37. The minimum atomic E-state index is -0.620. The molecule has 1 aromatic rings. The highest BCUT2D eigenvalue weighted by atomic mass is 16.5. The molecule has 5 nitrogen and oxygen atoms in total. The number of hydrogen-bond donors (Lipinski definition) is 0. The monoisotopic (exact) mass is 206 g/mol. The van der Waals surface area contributed by atoms with Crippen molar-refractivity contribution in [2.45, 2.75) is 12.5 Å². The highest BCUT2D eigenvalue weighted by Crippen LogP contribution is 2.32. The number of nitroso groups, excluding NO2 is 1. The predicted molar refractivity (Wildman–Crippen MR) is 54.2 cm³/mol. The van der Waals surface area contributed by atoms with E-state index in [1.165, 1.54) is 12.1 Å². The van der Waals surface area contributed by atoms with Crippen molar-refractivity contribution < 1.29 is 9.53 Å². The smallest absolute Gasteiger partial charge is 0.331 e. The molecule has 5 heteroatoms. The van der Waals surface area contributed by atoms with Gasteiger partial charge < -0.3 is 4.74 Å². The first-order chi connectivity index (χ1) is 7.27. The van der Waals surface area contributed by atoms with Crippen LogP contribution in [0.5, 0.6) is 0 Å². The van der Waals surface area contributed by atoms with Crippen molar-refractivity contribution in [2.75, 3.05) is 12.1 Å². The van der Waals surface area contributed by atoms with Crippen LogP contribution in [0.25, 0.3) is 0 Å². The van der Waals surface area contributed by atoms with Gasteiger partial charge in [0.25, 0.3) is 0 Å². The van der Waals surface area contributed by atoms with Gasteiger partial charge in [-0.15, -0.1) is 4.91 Å². The van der Waals surface area contributed by atoms with Gasteiger partial charge in [0.2, 0.25) is 0 Å². The summed E-state index contributed by atoms with van der Waals surface area (Å²) < 4.78 is 4.62. The van der Waals surface area contributed by atoms with Gasteiger partial charge in [0.1, 0.15) is 0 Å². The lowest BCUT2D eigenvalue weighted by atomic mass is 10.1. The fraction of sp³-hybridized carbons (Fsp3) is 0.300. The summed E-state index contributed by atoms with van der Waals surface area (Å²) in [5.41, 5.74) is 1.62. The molecule has 1 aromatic carbocycles. The molecule has 1 heterocycles. The largest absolute Gasteiger partial charge is 0.467 e. The summed E-state index contributed by atoms with van der Waals surface area (Å²) in [5.74, 6) is -0.439. The Morgan fingerprint density at radius 3 is 2.93 bits per heavy atom. The molecule has 2 rings (SSSR count). The number of carbonyl (C=O) groups is 1. The summed E-state index contributed by atoms with van der Waals surface area (Å²) in [6.45, 7) is 0.